The van der Waals surface area contributed by atoms with E-state index in [0.29, 0.717) is 24.3 Å². The lowest BCUT2D eigenvalue weighted by molar-refractivity contribution is -0.120. The van der Waals surface area contributed by atoms with Crippen molar-refractivity contribution in [1.29, 1.82) is 0 Å². The van der Waals surface area contributed by atoms with Gasteiger partial charge in [0.15, 0.2) is 11.5 Å². The fraction of sp³-hybridized carbons (Fsp3) is 0.273. The molecule has 0 amide bonds. The molecular weight excluding hydrogens is 328 g/mol. The molecule has 0 saturated heterocycles. The summed E-state index contributed by atoms with van der Waals surface area (Å²) in [5.41, 5.74) is 3.20. The number of carbonyl (C=O) groups excluding carboxylic acids is 2. The van der Waals surface area contributed by atoms with E-state index in [1.165, 1.54) is 0 Å². The average Bonchev–Trinajstić information content (AvgIpc) is 2.95. The SMILES string of the molecule is O=C(C(O)=C1CCC1)C1Cc2ccc(OCc3ccccc3)cc2C1=O. The summed E-state index contributed by atoms with van der Waals surface area (Å²) in [6.07, 6.45) is 2.85. The lowest BCUT2D eigenvalue weighted by Crippen LogP contribution is -2.24. The Kier molecular flexibility index (Phi) is 4.33. The number of Topliss-reactive ketones (excluding diaryl/α,β-unsaturated/α-hetero) is 2. The van der Waals surface area contributed by atoms with Crippen LogP contribution in [0.1, 0.15) is 40.7 Å². The lowest BCUT2D eigenvalue weighted by atomic mass is 9.87. The molecule has 2 aliphatic carbocycles. The van der Waals surface area contributed by atoms with Gasteiger partial charge in [-0.2, -0.15) is 0 Å². The third-order valence-corrected chi connectivity index (χ3v) is 5.18. The van der Waals surface area contributed by atoms with Gasteiger partial charge in [0, 0.05) is 5.56 Å². The molecule has 1 saturated carbocycles. The molecule has 0 spiro atoms. The first-order chi connectivity index (χ1) is 12.6. The van der Waals surface area contributed by atoms with Crippen LogP contribution in [0.2, 0.25) is 0 Å². The maximum atomic E-state index is 12.7. The summed E-state index contributed by atoms with van der Waals surface area (Å²) in [5.74, 6) is -1.05. The van der Waals surface area contributed by atoms with Crippen molar-refractivity contribution in [2.75, 3.05) is 0 Å². The Labute approximate surface area is 152 Å². The summed E-state index contributed by atoms with van der Waals surface area (Å²) in [6.45, 7) is 0.420. The second-order valence-corrected chi connectivity index (χ2v) is 6.88. The van der Waals surface area contributed by atoms with E-state index in [9.17, 15) is 14.7 Å². The number of fused-ring (bicyclic) bond motifs is 1. The van der Waals surface area contributed by atoms with Crippen molar-refractivity contribution in [3.8, 4) is 5.75 Å². The van der Waals surface area contributed by atoms with E-state index in [1.54, 1.807) is 6.07 Å². The van der Waals surface area contributed by atoms with E-state index in [2.05, 4.69) is 0 Å². The fourth-order valence-electron chi connectivity index (χ4n) is 3.44. The predicted octanol–water partition coefficient (Wildman–Crippen LogP) is 4.19. The Hall–Kier alpha value is -2.88. The highest BCUT2D eigenvalue weighted by Gasteiger charge is 2.38. The first-order valence-corrected chi connectivity index (χ1v) is 8.92. The summed E-state index contributed by atoms with van der Waals surface area (Å²) in [7, 11) is 0. The number of ether oxygens (including phenoxy) is 1. The minimum Gasteiger partial charge on any atom is -0.504 e. The van der Waals surface area contributed by atoms with Crippen molar-refractivity contribution in [3.63, 3.8) is 0 Å². The molecule has 1 unspecified atom stereocenters. The number of benzene rings is 2. The summed E-state index contributed by atoms with van der Waals surface area (Å²) in [5, 5.41) is 10.1. The van der Waals surface area contributed by atoms with E-state index in [0.717, 1.165) is 36.0 Å². The number of hydrogen-bond acceptors (Lipinski definition) is 4. The van der Waals surface area contributed by atoms with Gasteiger partial charge in [-0.3, -0.25) is 9.59 Å². The van der Waals surface area contributed by atoms with E-state index < -0.39 is 11.7 Å². The van der Waals surface area contributed by atoms with Crippen LogP contribution in [0.25, 0.3) is 0 Å². The Morgan fingerprint density at radius 2 is 1.88 bits per heavy atom. The van der Waals surface area contributed by atoms with Crippen LogP contribution in [0.3, 0.4) is 0 Å². The van der Waals surface area contributed by atoms with Gasteiger partial charge < -0.3 is 9.84 Å². The zero-order valence-electron chi connectivity index (χ0n) is 14.4. The molecule has 26 heavy (non-hydrogen) atoms. The number of aliphatic hydroxyl groups excluding tert-OH is 1. The van der Waals surface area contributed by atoms with Crippen molar-refractivity contribution < 1.29 is 19.4 Å². The first-order valence-electron chi connectivity index (χ1n) is 8.92. The molecule has 4 nitrogen and oxygen atoms in total. The molecule has 2 aromatic rings. The highest BCUT2D eigenvalue weighted by Crippen LogP contribution is 2.34. The Morgan fingerprint density at radius 3 is 2.58 bits per heavy atom. The van der Waals surface area contributed by atoms with Gasteiger partial charge in [-0.05, 0) is 54.5 Å². The van der Waals surface area contributed by atoms with Gasteiger partial charge in [-0.25, -0.2) is 0 Å². The number of aliphatic hydroxyl groups is 1. The molecule has 4 rings (SSSR count). The second-order valence-electron chi connectivity index (χ2n) is 6.88. The average molecular weight is 348 g/mol. The maximum absolute atomic E-state index is 12.7. The van der Waals surface area contributed by atoms with E-state index >= 15 is 0 Å². The van der Waals surface area contributed by atoms with Crippen molar-refractivity contribution in [2.24, 2.45) is 5.92 Å². The maximum Gasteiger partial charge on any atom is 0.208 e. The number of rotatable bonds is 5. The van der Waals surface area contributed by atoms with Gasteiger partial charge in [0.05, 0.1) is 5.92 Å². The largest absolute Gasteiger partial charge is 0.504 e. The zero-order chi connectivity index (χ0) is 18.1. The highest BCUT2D eigenvalue weighted by atomic mass is 16.5. The molecule has 0 aliphatic heterocycles. The van der Waals surface area contributed by atoms with Crippen molar-refractivity contribution in [1.82, 2.24) is 0 Å². The van der Waals surface area contributed by atoms with Crippen LogP contribution >= 0.6 is 0 Å². The van der Waals surface area contributed by atoms with Crippen molar-refractivity contribution in [3.05, 3.63) is 76.6 Å². The van der Waals surface area contributed by atoms with Crippen LogP contribution in [0.5, 0.6) is 5.75 Å². The Morgan fingerprint density at radius 1 is 1.12 bits per heavy atom. The highest BCUT2D eigenvalue weighted by molar-refractivity contribution is 6.18. The number of carbonyl (C=O) groups is 2. The minimum atomic E-state index is -0.803. The second kappa shape index (κ2) is 6.79. The summed E-state index contributed by atoms with van der Waals surface area (Å²) in [6, 6.07) is 15.2. The van der Waals surface area contributed by atoms with Crippen LogP contribution in [0.15, 0.2) is 59.9 Å². The van der Waals surface area contributed by atoms with Crippen molar-refractivity contribution in [2.45, 2.75) is 32.3 Å². The monoisotopic (exact) mass is 348 g/mol. The predicted molar refractivity (Wildman–Crippen MR) is 97.3 cm³/mol. The summed E-state index contributed by atoms with van der Waals surface area (Å²) in [4.78, 5) is 25.2. The summed E-state index contributed by atoms with van der Waals surface area (Å²) < 4.78 is 5.78. The molecule has 4 heteroatoms. The van der Waals surface area contributed by atoms with Crippen LogP contribution in [-0.4, -0.2) is 16.7 Å². The molecule has 1 atom stereocenters. The van der Waals surface area contributed by atoms with Crippen LogP contribution in [-0.2, 0) is 17.8 Å². The van der Waals surface area contributed by atoms with Gasteiger partial charge in [0.25, 0.3) is 0 Å². The Bertz CT molecular complexity index is 890. The fourth-order valence-corrected chi connectivity index (χ4v) is 3.44. The topological polar surface area (TPSA) is 63.6 Å². The molecule has 0 heterocycles. The van der Waals surface area contributed by atoms with Crippen LogP contribution in [0.4, 0.5) is 0 Å². The molecule has 1 fully saturated rings. The van der Waals surface area contributed by atoms with Gasteiger partial charge in [-0.1, -0.05) is 36.4 Å². The van der Waals surface area contributed by atoms with E-state index in [-0.39, 0.29) is 11.5 Å². The third-order valence-electron chi connectivity index (χ3n) is 5.18. The molecule has 1 N–H and O–H groups in total. The van der Waals surface area contributed by atoms with Crippen LogP contribution in [0, 0.1) is 5.92 Å². The quantitative estimate of drug-likeness (QED) is 0.500. The zero-order valence-corrected chi connectivity index (χ0v) is 14.4. The van der Waals surface area contributed by atoms with Gasteiger partial charge in [-0.15, -0.1) is 0 Å². The molecule has 0 bridgehead atoms. The van der Waals surface area contributed by atoms with E-state index in [4.69, 9.17) is 4.74 Å². The van der Waals surface area contributed by atoms with Gasteiger partial charge in [0.1, 0.15) is 12.4 Å². The molecule has 132 valence electrons. The number of ketones is 2. The number of hydrogen-bond donors (Lipinski definition) is 1. The molecule has 2 aromatic carbocycles. The van der Waals surface area contributed by atoms with Crippen LogP contribution < -0.4 is 4.74 Å². The summed E-state index contributed by atoms with van der Waals surface area (Å²) >= 11 is 0. The lowest BCUT2D eigenvalue weighted by Gasteiger charge is -2.18. The molecular formula is C22H20O4. The minimum absolute atomic E-state index is 0.192. The van der Waals surface area contributed by atoms with E-state index in [1.807, 2.05) is 42.5 Å². The first kappa shape index (κ1) is 16.6. The smallest absolute Gasteiger partial charge is 0.208 e. The van der Waals surface area contributed by atoms with Gasteiger partial charge in [0.2, 0.25) is 5.78 Å². The standard InChI is InChI=1S/C22H20O4/c23-20(15-7-4-8-15)22(25)19-11-16-9-10-17(12-18(16)21(19)24)26-13-14-5-2-1-3-6-14/h1-3,5-6,9-10,12,19,23H,4,7-8,11,13H2. The van der Waals surface area contributed by atoms with Gasteiger partial charge >= 0.3 is 0 Å². The normalized spacial score (nSPS) is 18.2. The van der Waals surface area contributed by atoms with Crippen molar-refractivity contribution >= 4 is 11.6 Å². The molecule has 0 radical (unpaired) electrons. The third kappa shape index (κ3) is 3.03. The molecule has 0 aromatic heterocycles. The number of allylic oxidation sites excluding steroid dienone is 2. The Balaban J connectivity index is 1.49. The molecule has 2 aliphatic rings.